The molecule has 2 aromatic heterocycles. The minimum absolute atomic E-state index is 0.121. The molecule has 0 saturated heterocycles. The van der Waals surface area contributed by atoms with Crippen LogP contribution in [0.15, 0.2) is 21.3 Å². The Balaban J connectivity index is 1.91. The average molecular weight is 251 g/mol. The summed E-state index contributed by atoms with van der Waals surface area (Å²) in [6.07, 6.45) is 0.758. The maximum Gasteiger partial charge on any atom is 0.228 e. The summed E-state index contributed by atoms with van der Waals surface area (Å²) in [5, 5.41) is 11.4. The molecule has 5 heteroatoms. The highest BCUT2D eigenvalue weighted by atomic mass is 32.1. The van der Waals surface area contributed by atoms with Crippen molar-refractivity contribution < 1.29 is 4.52 Å². The molecule has 0 spiro atoms. The van der Waals surface area contributed by atoms with Crippen LogP contribution in [0.4, 0.5) is 0 Å². The second-order valence-corrected chi connectivity index (χ2v) is 5.73. The van der Waals surface area contributed by atoms with Crippen molar-refractivity contribution in [1.29, 1.82) is 0 Å². The first-order chi connectivity index (χ1) is 8.04. The van der Waals surface area contributed by atoms with Gasteiger partial charge < -0.3 is 9.84 Å². The Labute approximate surface area is 105 Å². The van der Waals surface area contributed by atoms with Gasteiger partial charge in [-0.25, -0.2) is 0 Å². The van der Waals surface area contributed by atoms with E-state index in [4.69, 9.17) is 4.52 Å². The van der Waals surface area contributed by atoms with Crippen LogP contribution in [-0.4, -0.2) is 22.2 Å². The van der Waals surface area contributed by atoms with Gasteiger partial charge >= 0.3 is 0 Å². The molecule has 0 radical (unpaired) electrons. The molecular weight excluding hydrogens is 234 g/mol. The lowest BCUT2D eigenvalue weighted by atomic mass is 10.1. The van der Waals surface area contributed by atoms with Crippen LogP contribution in [0.2, 0.25) is 0 Å². The largest absolute Gasteiger partial charge is 0.339 e. The maximum absolute atomic E-state index is 5.21. The van der Waals surface area contributed by atoms with Crippen LogP contribution in [0.5, 0.6) is 0 Å². The van der Waals surface area contributed by atoms with Gasteiger partial charge in [0.2, 0.25) is 11.7 Å². The SMILES string of the molecule is CC(C)(C)NCCc1nc(-c2ccsc2)no1. The molecule has 0 saturated carbocycles. The van der Waals surface area contributed by atoms with Crippen molar-refractivity contribution in [2.75, 3.05) is 6.54 Å². The second kappa shape index (κ2) is 4.98. The normalized spacial score (nSPS) is 11.9. The van der Waals surface area contributed by atoms with Gasteiger partial charge in [-0.2, -0.15) is 16.3 Å². The summed E-state index contributed by atoms with van der Waals surface area (Å²) in [5.74, 6) is 1.36. The van der Waals surface area contributed by atoms with E-state index in [0.29, 0.717) is 11.7 Å². The summed E-state index contributed by atoms with van der Waals surface area (Å²) in [6.45, 7) is 7.25. The van der Waals surface area contributed by atoms with Crippen LogP contribution in [0.3, 0.4) is 0 Å². The number of nitrogens with one attached hydrogen (secondary N) is 1. The summed E-state index contributed by atoms with van der Waals surface area (Å²) < 4.78 is 5.21. The molecule has 0 aromatic carbocycles. The highest BCUT2D eigenvalue weighted by molar-refractivity contribution is 7.08. The van der Waals surface area contributed by atoms with Gasteiger partial charge in [-0.05, 0) is 32.2 Å². The molecule has 92 valence electrons. The summed E-state index contributed by atoms with van der Waals surface area (Å²) in [4.78, 5) is 4.36. The van der Waals surface area contributed by atoms with E-state index in [-0.39, 0.29) is 5.54 Å². The highest BCUT2D eigenvalue weighted by Gasteiger charge is 2.11. The molecule has 17 heavy (non-hydrogen) atoms. The Bertz CT molecular complexity index is 456. The minimum atomic E-state index is 0.121. The van der Waals surface area contributed by atoms with Crippen LogP contribution in [0.25, 0.3) is 11.4 Å². The lowest BCUT2D eigenvalue weighted by molar-refractivity contribution is 0.362. The standard InChI is InChI=1S/C12H17N3OS/c1-12(2,3)13-6-4-10-14-11(15-16-10)9-5-7-17-8-9/h5,7-8,13H,4,6H2,1-3H3. The Kier molecular flexibility index (Phi) is 3.59. The molecule has 0 amide bonds. The molecule has 2 heterocycles. The number of aromatic nitrogens is 2. The molecule has 0 bridgehead atoms. The Morgan fingerprint density at radius 1 is 1.41 bits per heavy atom. The molecule has 2 rings (SSSR count). The molecule has 4 nitrogen and oxygen atoms in total. The Morgan fingerprint density at radius 3 is 2.88 bits per heavy atom. The van der Waals surface area contributed by atoms with E-state index in [9.17, 15) is 0 Å². The van der Waals surface area contributed by atoms with Crippen LogP contribution in [0, 0.1) is 0 Å². The summed E-state index contributed by atoms with van der Waals surface area (Å²) in [5.41, 5.74) is 1.14. The van der Waals surface area contributed by atoms with E-state index >= 15 is 0 Å². The number of hydrogen-bond acceptors (Lipinski definition) is 5. The van der Waals surface area contributed by atoms with Gasteiger partial charge in [-0.1, -0.05) is 5.16 Å². The molecule has 0 atom stereocenters. The molecule has 1 N–H and O–H groups in total. The monoisotopic (exact) mass is 251 g/mol. The van der Waals surface area contributed by atoms with E-state index in [2.05, 4.69) is 36.2 Å². The molecule has 0 unspecified atom stereocenters. The molecular formula is C12H17N3OS. The fourth-order valence-corrected chi connectivity index (χ4v) is 2.04. The van der Waals surface area contributed by atoms with E-state index < -0.39 is 0 Å². The van der Waals surface area contributed by atoms with Gasteiger partial charge in [0.05, 0.1) is 0 Å². The van der Waals surface area contributed by atoms with Crippen molar-refractivity contribution in [1.82, 2.24) is 15.5 Å². The zero-order valence-electron chi connectivity index (χ0n) is 10.4. The van der Waals surface area contributed by atoms with E-state index in [1.165, 1.54) is 0 Å². The van der Waals surface area contributed by atoms with Crippen molar-refractivity contribution >= 4 is 11.3 Å². The van der Waals surface area contributed by atoms with Gasteiger partial charge in [0.25, 0.3) is 0 Å². The predicted octanol–water partition coefficient (Wildman–Crippen LogP) is 2.73. The van der Waals surface area contributed by atoms with Gasteiger partial charge in [0.1, 0.15) is 0 Å². The zero-order valence-corrected chi connectivity index (χ0v) is 11.2. The van der Waals surface area contributed by atoms with Crippen LogP contribution in [-0.2, 0) is 6.42 Å². The molecule has 0 aliphatic heterocycles. The molecule has 0 fully saturated rings. The van der Waals surface area contributed by atoms with Crippen LogP contribution in [0.1, 0.15) is 26.7 Å². The smallest absolute Gasteiger partial charge is 0.228 e. The number of rotatable bonds is 4. The third kappa shape index (κ3) is 3.64. The first-order valence-corrected chi connectivity index (χ1v) is 6.59. The van der Waals surface area contributed by atoms with Crippen molar-refractivity contribution in [3.05, 3.63) is 22.7 Å². The quantitative estimate of drug-likeness (QED) is 0.907. The van der Waals surface area contributed by atoms with E-state index in [1.54, 1.807) is 11.3 Å². The predicted molar refractivity (Wildman–Crippen MR) is 69.1 cm³/mol. The first kappa shape index (κ1) is 12.3. The maximum atomic E-state index is 5.21. The fourth-order valence-electron chi connectivity index (χ4n) is 1.41. The zero-order chi connectivity index (χ0) is 12.3. The summed E-state index contributed by atoms with van der Waals surface area (Å²) in [7, 11) is 0. The third-order valence-corrected chi connectivity index (χ3v) is 2.92. The number of nitrogens with zero attached hydrogens (tertiary/aromatic N) is 2. The topological polar surface area (TPSA) is 51.0 Å². The van der Waals surface area contributed by atoms with E-state index in [1.807, 2.05) is 16.8 Å². The Hall–Kier alpha value is -1.20. The van der Waals surface area contributed by atoms with Crippen molar-refractivity contribution in [3.8, 4) is 11.4 Å². The van der Waals surface area contributed by atoms with Crippen molar-refractivity contribution in [3.63, 3.8) is 0 Å². The van der Waals surface area contributed by atoms with Gasteiger partial charge in [0.15, 0.2) is 0 Å². The summed E-state index contributed by atoms with van der Waals surface area (Å²) >= 11 is 1.63. The fraction of sp³-hybridized carbons (Fsp3) is 0.500. The highest BCUT2D eigenvalue weighted by Crippen LogP contribution is 2.18. The van der Waals surface area contributed by atoms with Crippen LogP contribution >= 0.6 is 11.3 Å². The van der Waals surface area contributed by atoms with Gasteiger partial charge in [0, 0.05) is 29.4 Å². The lowest BCUT2D eigenvalue weighted by Crippen LogP contribution is -2.37. The minimum Gasteiger partial charge on any atom is -0.339 e. The molecule has 2 aromatic rings. The van der Waals surface area contributed by atoms with Crippen LogP contribution < -0.4 is 5.32 Å². The van der Waals surface area contributed by atoms with Crippen molar-refractivity contribution in [2.24, 2.45) is 0 Å². The molecule has 0 aliphatic carbocycles. The van der Waals surface area contributed by atoms with Gasteiger partial charge in [-0.15, -0.1) is 0 Å². The summed E-state index contributed by atoms with van der Waals surface area (Å²) in [6, 6.07) is 1.99. The van der Waals surface area contributed by atoms with Crippen molar-refractivity contribution in [2.45, 2.75) is 32.7 Å². The lowest BCUT2D eigenvalue weighted by Gasteiger charge is -2.19. The molecule has 0 aliphatic rings. The third-order valence-electron chi connectivity index (χ3n) is 2.24. The second-order valence-electron chi connectivity index (χ2n) is 4.95. The number of hydrogen-bond donors (Lipinski definition) is 1. The Morgan fingerprint density at radius 2 is 2.24 bits per heavy atom. The van der Waals surface area contributed by atoms with Gasteiger partial charge in [-0.3, -0.25) is 0 Å². The number of thiophene rings is 1. The van der Waals surface area contributed by atoms with E-state index in [0.717, 1.165) is 18.5 Å². The first-order valence-electron chi connectivity index (χ1n) is 5.65. The average Bonchev–Trinajstić information content (AvgIpc) is 2.83.